The molecule has 0 aliphatic carbocycles. The third kappa shape index (κ3) is 7.88. The van der Waals surface area contributed by atoms with Gasteiger partial charge in [-0.2, -0.15) is 0 Å². The van der Waals surface area contributed by atoms with E-state index in [1.165, 1.54) is 31.3 Å². The van der Waals surface area contributed by atoms with Crippen molar-refractivity contribution in [1.29, 1.82) is 0 Å². The van der Waals surface area contributed by atoms with Crippen LogP contribution in [0.15, 0.2) is 53.0 Å². The molecule has 23 heavy (non-hydrogen) atoms. The number of rotatable bonds is 3. The van der Waals surface area contributed by atoms with Crippen LogP contribution in [0.4, 0.5) is 17.1 Å². The number of anilines is 1. The van der Waals surface area contributed by atoms with E-state index in [0.29, 0.717) is 0 Å². The molecule has 0 aliphatic rings. The van der Waals surface area contributed by atoms with Gasteiger partial charge < -0.3 is 11.1 Å². The van der Waals surface area contributed by atoms with E-state index in [1.807, 2.05) is 0 Å². The molecule has 0 fully saturated rings. The number of hydrogen-bond donors (Lipinski definition) is 2. The molecule has 0 unspecified atom stereocenters. The van der Waals surface area contributed by atoms with E-state index >= 15 is 0 Å². The molecule has 3 N–H and O–H groups in total. The Kier molecular flexibility index (Phi) is 9.88. The lowest BCUT2D eigenvalue weighted by Crippen LogP contribution is -1.89. The van der Waals surface area contributed by atoms with E-state index < -0.39 is 9.85 Å². The first kappa shape index (κ1) is 20.5. The average molecular weight is 385 g/mol. The molecule has 2 aromatic carbocycles. The maximum absolute atomic E-state index is 10.2. The molecule has 0 heterocycles. The van der Waals surface area contributed by atoms with E-state index in [4.69, 9.17) is 0 Å². The number of nitrogens with two attached hydrogens (primary N) is 1. The molecule has 9 heteroatoms. The van der Waals surface area contributed by atoms with Crippen LogP contribution < -0.4 is 11.1 Å². The summed E-state index contributed by atoms with van der Waals surface area (Å²) < 4.78 is 0.845. The van der Waals surface area contributed by atoms with Crippen molar-refractivity contribution in [2.24, 2.45) is 5.73 Å². The molecule has 8 nitrogen and oxygen atoms in total. The molecule has 0 aromatic heterocycles. The highest BCUT2D eigenvalue weighted by Crippen LogP contribution is 2.15. The van der Waals surface area contributed by atoms with Crippen molar-refractivity contribution in [2.75, 3.05) is 19.4 Å². The monoisotopic (exact) mass is 384 g/mol. The summed E-state index contributed by atoms with van der Waals surface area (Å²) >= 11 is 3.17. The smallest absolute Gasteiger partial charge is 0.269 e. The van der Waals surface area contributed by atoms with E-state index in [0.717, 1.165) is 10.2 Å². The van der Waals surface area contributed by atoms with Gasteiger partial charge in [-0.15, -0.1) is 0 Å². The fourth-order valence-electron chi connectivity index (χ4n) is 1.31. The molecule has 0 amide bonds. The molecular formula is C14H17BrN4O4. The lowest BCUT2D eigenvalue weighted by molar-refractivity contribution is -0.385. The van der Waals surface area contributed by atoms with Crippen molar-refractivity contribution >= 4 is 33.0 Å². The van der Waals surface area contributed by atoms with Gasteiger partial charge in [-0.1, -0.05) is 15.9 Å². The zero-order valence-electron chi connectivity index (χ0n) is 12.6. The van der Waals surface area contributed by atoms with Gasteiger partial charge in [0.05, 0.1) is 9.85 Å². The van der Waals surface area contributed by atoms with Crippen LogP contribution >= 0.6 is 15.9 Å². The summed E-state index contributed by atoms with van der Waals surface area (Å²) in [4.78, 5) is 19.4. The fraction of sp³-hybridized carbons (Fsp3) is 0.143. The standard InChI is InChI=1S/C7H8N2O2.C6H4BrNO2.CH5N/c1-8-6-2-4-7(5-3-6)9(10)11;7-5-1-3-6(4-2-5)8(9)10;1-2/h2-5,8H,1H3;1-4H;2H2,1H3. The maximum atomic E-state index is 10.2. The number of nitrogens with one attached hydrogen (secondary N) is 1. The number of nitro benzene ring substituents is 2. The SMILES string of the molecule is CN.CNc1ccc([N+](=O)[O-])cc1.O=[N+]([O-])c1ccc(Br)cc1. The molecule has 0 bridgehead atoms. The molecule has 0 saturated carbocycles. The minimum absolute atomic E-state index is 0.114. The Labute approximate surface area is 141 Å². The third-order valence-electron chi connectivity index (χ3n) is 2.40. The molecule has 2 aromatic rings. The van der Waals surface area contributed by atoms with Gasteiger partial charge in [-0.25, -0.2) is 0 Å². The lowest BCUT2D eigenvalue weighted by atomic mass is 10.3. The van der Waals surface area contributed by atoms with Gasteiger partial charge in [-0.3, -0.25) is 20.2 Å². The van der Waals surface area contributed by atoms with Crippen LogP contribution in [-0.4, -0.2) is 23.9 Å². The zero-order chi connectivity index (χ0) is 17.8. The second-order valence-electron chi connectivity index (χ2n) is 3.79. The van der Waals surface area contributed by atoms with Gasteiger partial charge in [0.15, 0.2) is 0 Å². The van der Waals surface area contributed by atoms with Gasteiger partial charge in [0, 0.05) is 41.5 Å². The summed E-state index contributed by atoms with van der Waals surface area (Å²) in [5.41, 5.74) is 5.60. The van der Waals surface area contributed by atoms with Gasteiger partial charge in [0.2, 0.25) is 0 Å². The predicted octanol–water partition coefficient (Wildman–Crippen LogP) is 3.57. The summed E-state index contributed by atoms with van der Waals surface area (Å²) in [5.74, 6) is 0. The average Bonchev–Trinajstić information content (AvgIpc) is 2.57. The van der Waals surface area contributed by atoms with Crippen LogP contribution in [0.3, 0.4) is 0 Å². The van der Waals surface area contributed by atoms with Crippen molar-refractivity contribution in [3.8, 4) is 0 Å². The van der Waals surface area contributed by atoms with Gasteiger partial charge in [0.1, 0.15) is 0 Å². The summed E-state index contributed by atoms with van der Waals surface area (Å²) in [7, 11) is 3.27. The first-order chi connectivity index (χ1) is 10.9. The van der Waals surface area contributed by atoms with E-state index in [1.54, 1.807) is 31.3 Å². The highest BCUT2D eigenvalue weighted by atomic mass is 79.9. The number of halogens is 1. The van der Waals surface area contributed by atoms with Gasteiger partial charge in [-0.05, 0) is 31.3 Å². The summed E-state index contributed by atoms with van der Waals surface area (Å²) in [6.45, 7) is 0. The number of nitro groups is 2. The van der Waals surface area contributed by atoms with Crippen LogP contribution in [0.1, 0.15) is 0 Å². The van der Waals surface area contributed by atoms with Crippen LogP contribution in [-0.2, 0) is 0 Å². The van der Waals surface area contributed by atoms with Crippen LogP contribution in [0.2, 0.25) is 0 Å². The largest absolute Gasteiger partial charge is 0.388 e. The van der Waals surface area contributed by atoms with Crippen molar-refractivity contribution in [3.05, 3.63) is 73.2 Å². The van der Waals surface area contributed by atoms with Crippen molar-refractivity contribution in [1.82, 2.24) is 0 Å². The Morgan fingerprint density at radius 3 is 1.52 bits per heavy atom. The highest BCUT2D eigenvalue weighted by Gasteiger charge is 2.02. The third-order valence-corrected chi connectivity index (χ3v) is 2.93. The second kappa shape index (κ2) is 11.1. The van der Waals surface area contributed by atoms with Crippen LogP contribution in [0.5, 0.6) is 0 Å². The first-order valence-corrected chi connectivity index (χ1v) is 7.13. The van der Waals surface area contributed by atoms with Crippen molar-refractivity contribution < 1.29 is 9.85 Å². The Hall–Kier alpha value is -2.52. The van der Waals surface area contributed by atoms with E-state index in [-0.39, 0.29) is 11.4 Å². The zero-order valence-corrected chi connectivity index (χ0v) is 14.2. The molecule has 0 aliphatic heterocycles. The van der Waals surface area contributed by atoms with Crippen molar-refractivity contribution in [3.63, 3.8) is 0 Å². The molecule has 0 radical (unpaired) electrons. The molecule has 2 rings (SSSR count). The Balaban J connectivity index is 0.000000381. The van der Waals surface area contributed by atoms with E-state index in [2.05, 4.69) is 27.0 Å². The summed E-state index contributed by atoms with van der Waals surface area (Å²) in [6.07, 6.45) is 0. The molecule has 0 saturated heterocycles. The highest BCUT2D eigenvalue weighted by molar-refractivity contribution is 9.10. The van der Waals surface area contributed by atoms with E-state index in [9.17, 15) is 20.2 Å². The van der Waals surface area contributed by atoms with Crippen molar-refractivity contribution in [2.45, 2.75) is 0 Å². The number of nitrogens with zero attached hydrogens (tertiary/aromatic N) is 2. The topological polar surface area (TPSA) is 124 Å². The van der Waals surface area contributed by atoms with Crippen LogP contribution in [0.25, 0.3) is 0 Å². The summed E-state index contributed by atoms with van der Waals surface area (Å²) in [6, 6.07) is 12.4. The number of hydrogen-bond acceptors (Lipinski definition) is 6. The molecular weight excluding hydrogens is 368 g/mol. The maximum Gasteiger partial charge on any atom is 0.269 e. The molecule has 0 atom stereocenters. The first-order valence-electron chi connectivity index (χ1n) is 6.34. The minimum atomic E-state index is -0.424. The summed E-state index contributed by atoms with van der Waals surface area (Å²) in [5, 5.41) is 23.2. The van der Waals surface area contributed by atoms with Gasteiger partial charge >= 0.3 is 0 Å². The Morgan fingerprint density at radius 2 is 1.22 bits per heavy atom. The Morgan fingerprint density at radius 1 is 0.870 bits per heavy atom. The fourth-order valence-corrected chi connectivity index (χ4v) is 1.58. The Bertz CT molecular complexity index is 618. The minimum Gasteiger partial charge on any atom is -0.388 e. The van der Waals surface area contributed by atoms with Crippen LogP contribution in [0, 0.1) is 20.2 Å². The van der Waals surface area contributed by atoms with Gasteiger partial charge in [0.25, 0.3) is 11.4 Å². The predicted molar refractivity (Wildman–Crippen MR) is 93.6 cm³/mol. The normalized spacial score (nSPS) is 8.70. The number of benzene rings is 2. The lowest BCUT2D eigenvalue weighted by Gasteiger charge is -1.96. The second-order valence-corrected chi connectivity index (χ2v) is 4.70. The molecule has 124 valence electrons. The quantitative estimate of drug-likeness (QED) is 0.615. The molecule has 0 spiro atoms. The number of non-ortho nitro benzene ring substituents is 2.